The summed E-state index contributed by atoms with van der Waals surface area (Å²) in [6, 6.07) is 6.32. The molecule has 0 spiro atoms. The Morgan fingerprint density at radius 1 is 1.21 bits per heavy atom. The van der Waals surface area contributed by atoms with Gasteiger partial charge in [0.25, 0.3) is 0 Å². The van der Waals surface area contributed by atoms with Crippen LogP contribution >= 0.6 is 0 Å². The number of aromatic carboxylic acids is 1. The molecular weight excluding hydrogens is 263 g/mol. The van der Waals surface area contributed by atoms with E-state index in [2.05, 4.69) is 10.2 Å². The second-order valence-corrected chi connectivity index (χ2v) is 3.83. The molecule has 5 nitrogen and oxygen atoms in total. The van der Waals surface area contributed by atoms with E-state index in [9.17, 15) is 18.0 Å². The van der Waals surface area contributed by atoms with E-state index in [1.165, 1.54) is 12.1 Å². The first-order chi connectivity index (χ1) is 8.79. The van der Waals surface area contributed by atoms with Crippen LogP contribution in [-0.4, -0.2) is 26.1 Å². The summed E-state index contributed by atoms with van der Waals surface area (Å²) in [6.07, 6.45) is -4.86. The van der Waals surface area contributed by atoms with Gasteiger partial charge in [0.1, 0.15) is 0 Å². The van der Waals surface area contributed by atoms with Gasteiger partial charge in [-0.3, -0.25) is 0 Å². The minimum Gasteiger partial charge on any atom is -0.476 e. The number of benzene rings is 1. The number of rotatable bonds is 2. The standard InChI is InChI=1S/C11H8F3N3O2/c1-6-2-4-7(5-3-6)17-15-8(10(18)19)9(16-17)11(12,13)14/h2-5H,1H3,(H,18,19). The number of carboxylic acids is 1. The van der Waals surface area contributed by atoms with E-state index in [1.807, 2.05) is 6.92 Å². The molecule has 0 atom stereocenters. The Morgan fingerprint density at radius 2 is 1.79 bits per heavy atom. The van der Waals surface area contributed by atoms with Gasteiger partial charge in [-0.15, -0.1) is 10.2 Å². The predicted octanol–water partition coefficient (Wildman–Crippen LogP) is 2.29. The van der Waals surface area contributed by atoms with Gasteiger partial charge in [-0.25, -0.2) is 4.79 Å². The van der Waals surface area contributed by atoms with Gasteiger partial charge in [-0.1, -0.05) is 17.7 Å². The van der Waals surface area contributed by atoms with Crippen LogP contribution in [0.25, 0.3) is 5.69 Å². The second kappa shape index (κ2) is 4.38. The normalized spacial score (nSPS) is 11.6. The van der Waals surface area contributed by atoms with Crippen LogP contribution in [0.4, 0.5) is 13.2 Å². The van der Waals surface area contributed by atoms with Crippen molar-refractivity contribution in [1.29, 1.82) is 0 Å². The number of halogens is 3. The van der Waals surface area contributed by atoms with Crippen molar-refractivity contribution < 1.29 is 23.1 Å². The van der Waals surface area contributed by atoms with E-state index >= 15 is 0 Å². The lowest BCUT2D eigenvalue weighted by Crippen LogP contribution is -2.12. The van der Waals surface area contributed by atoms with Gasteiger partial charge >= 0.3 is 12.1 Å². The van der Waals surface area contributed by atoms with Crippen molar-refractivity contribution in [2.24, 2.45) is 0 Å². The summed E-state index contributed by atoms with van der Waals surface area (Å²) >= 11 is 0. The van der Waals surface area contributed by atoms with Crippen molar-refractivity contribution in [3.63, 3.8) is 0 Å². The minimum absolute atomic E-state index is 0.253. The van der Waals surface area contributed by atoms with Crippen LogP contribution in [0.2, 0.25) is 0 Å². The largest absolute Gasteiger partial charge is 0.476 e. The molecular formula is C11H8F3N3O2. The molecule has 0 aliphatic heterocycles. The van der Waals surface area contributed by atoms with Crippen LogP contribution in [0, 0.1) is 6.92 Å². The quantitative estimate of drug-likeness (QED) is 0.909. The van der Waals surface area contributed by atoms with Crippen LogP contribution in [0.15, 0.2) is 24.3 Å². The molecule has 100 valence electrons. The minimum atomic E-state index is -4.86. The Bertz CT molecular complexity index is 617. The van der Waals surface area contributed by atoms with Crippen molar-refractivity contribution in [3.05, 3.63) is 41.2 Å². The summed E-state index contributed by atoms with van der Waals surface area (Å²) in [5, 5.41) is 15.3. The molecule has 0 unspecified atom stereocenters. The van der Waals surface area contributed by atoms with Crippen LogP contribution < -0.4 is 0 Å². The zero-order chi connectivity index (χ0) is 14.2. The summed E-state index contributed by atoms with van der Waals surface area (Å²) < 4.78 is 37.9. The molecule has 0 saturated carbocycles. The number of hydrogen-bond acceptors (Lipinski definition) is 3. The maximum Gasteiger partial charge on any atom is 0.437 e. The van der Waals surface area contributed by atoms with E-state index in [0.717, 1.165) is 5.56 Å². The molecule has 1 heterocycles. The van der Waals surface area contributed by atoms with Gasteiger partial charge < -0.3 is 5.11 Å². The van der Waals surface area contributed by atoms with Crippen LogP contribution in [0.1, 0.15) is 21.7 Å². The van der Waals surface area contributed by atoms with E-state index < -0.39 is 23.5 Å². The predicted molar refractivity (Wildman–Crippen MR) is 58.1 cm³/mol. The van der Waals surface area contributed by atoms with E-state index in [0.29, 0.717) is 4.80 Å². The molecule has 8 heteroatoms. The van der Waals surface area contributed by atoms with E-state index in [-0.39, 0.29) is 5.69 Å². The number of carboxylic acid groups (broad SMARTS) is 1. The van der Waals surface area contributed by atoms with Gasteiger partial charge in [-0.2, -0.15) is 18.0 Å². The molecule has 0 bridgehead atoms. The number of nitrogens with zero attached hydrogens (tertiary/aromatic N) is 3. The summed E-state index contributed by atoms with van der Waals surface area (Å²) in [7, 11) is 0. The van der Waals surface area contributed by atoms with Gasteiger partial charge in [-0.05, 0) is 19.1 Å². The molecule has 0 aliphatic rings. The Kier molecular flexibility index (Phi) is 3.01. The fraction of sp³-hybridized carbons (Fsp3) is 0.182. The highest BCUT2D eigenvalue weighted by atomic mass is 19.4. The topological polar surface area (TPSA) is 68.0 Å². The lowest BCUT2D eigenvalue weighted by Gasteiger charge is -2.01. The average Bonchev–Trinajstić information content (AvgIpc) is 2.74. The van der Waals surface area contributed by atoms with Crippen LogP contribution in [-0.2, 0) is 6.18 Å². The number of aromatic nitrogens is 3. The van der Waals surface area contributed by atoms with Crippen molar-refractivity contribution in [2.75, 3.05) is 0 Å². The molecule has 0 aliphatic carbocycles. The average molecular weight is 271 g/mol. The Labute approximate surface area is 105 Å². The lowest BCUT2D eigenvalue weighted by atomic mass is 10.2. The summed E-state index contributed by atoms with van der Waals surface area (Å²) in [5.41, 5.74) is -1.47. The lowest BCUT2D eigenvalue weighted by molar-refractivity contribution is -0.141. The van der Waals surface area contributed by atoms with Crippen LogP contribution in [0.5, 0.6) is 0 Å². The summed E-state index contributed by atoms with van der Waals surface area (Å²) in [6.45, 7) is 1.81. The number of aryl methyl sites for hydroxylation is 1. The third-order valence-corrected chi connectivity index (χ3v) is 2.35. The van der Waals surface area contributed by atoms with Crippen molar-refractivity contribution >= 4 is 5.97 Å². The Hall–Kier alpha value is -2.38. The smallest absolute Gasteiger partial charge is 0.437 e. The highest BCUT2D eigenvalue weighted by molar-refractivity contribution is 5.86. The number of alkyl halides is 3. The molecule has 19 heavy (non-hydrogen) atoms. The zero-order valence-electron chi connectivity index (χ0n) is 9.64. The molecule has 1 aromatic heterocycles. The maximum atomic E-state index is 12.6. The maximum absolute atomic E-state index is 12.6. The molecule has 0 amide bonds. The molecule has 1 N–H and O–H groups in total. The molecule has 0 fully saturated rings. The third kappa shape index (κ3) is 2.56. The first-order valence-electron chi connectivity index (χ1n) is 5.14. The van der Waals surface area contributed by atoms with Gasteiger partial charge in [0, 0.05) is 0 Å². The van der Waals surface area contributed by atoms with Gasteiger partial charge in [0.15, 0.2) is 0 Å². The molecule has 0 saturated heterocycles. The summed E-state index contributed by atoms with van der Waals surface area (Å²) in [5.74, 6) is -1.77. The second-order valence-electron chi connectivity index (χ2n) is 3.83. The molecule has 1 aromatic carbocycles. The summed E-state index contributed by atoms with van der Waals surface area (Å²) in [4.78, 5) is 11.4. The molecule has 0 radical (unpaired) electrons. The highest BCUT2D eigenvalue weighted by Crippen LogP contribution is 2.30. The number of carbonyl (C=O) groups is 1. The molecule has 2 aromatic rings. The third-order valence-electron chi connectivity index (χ3n) is 2.35. The molecule has 2 rings (SSSR count). The van der Waals surface area contributed by atoms with Crippen molar-refractivity contribution in [3.8, 4) is 5.69 Å². The van der Waals surface area contributed by atoms with E-state index in [1.54, 1.807) is 12.1 Å². The van der Waals surface area contributed by atoms with Gasteiger partial charge in [0.05, 0.1) is 5.69 Å². The fourth-order valence-corrected chi connectivity index (χ4v) is 1.44. The van der Waals surface area contributed by atoms with Crippen molar-refractivity contribution in [1.82, 2.24) is 15.0 Å². The van der Waals surface area contributed by atoms with Crippen LogP contribution in [0.3, 0.4) is 0 Å². The van der Waals surface area contributed by atoms with E-state index in [4.69, 9.17) is 5.11 Å². The monoisotopic (exact) mass is 271 g/mol. The number of hydrogen-bond donors (Lipinski definition) is 1. The Morgan fingerprint density at radius 3 is 2.21 bits per heavy atom. The first kappa shape index (κ1) is 13.1. The Balaban J connectivity index is 2.55. The van der Waals surface area contributed by atoms with Gasteiger partial charge in [0.2, 0.25) is 11.4 Å². The highest BCUT2D eigenvalue weighted by Gasteiger charge is 2.40. The SMILES string of the molecule is Cc1ccc(-n2nc(C(=O)O)c(C(F)(F)F)n2)cc1. The zero-order valence-corrected chi connectivity index (χ0v) is 9.64. The van der Waals surface area contributed by atoms with Crippen molar-refractivity contribution in [2.45, 2.75) is 13.1 Å². The fourth-order valence-electron chi connectivity index (χ4n) is 1.44. The first-order valence-corrected chi connectivity index (χ1v) is 5.14.